The molecule has 1 atom stereocenters. The highest BCUT2D eigenvalue weighted by molar-refractivity contribution is 14.0. The summed E-state index contributed by atoms with van der Waals surface area (Å²) in [5, 5.41) is 12.5. The maximum absolute atomic E-state index is 5.97. The molecule has 0 fully saturated rings. The predicted octanol–water partition coefficient (Wildman–Crippen LogP) is 4.01. The smallest absolute Gasteiger partial charge is 0.191 e. The lowest BCUT2D eigenvalue weighted by Gasteiger charge is -2.18. The molecular formula is C21H30IN5O. The third kappa shape index (κ3) is 4.68. The van der Waals surface area contributed by atoms with Crippen molar-refractivity contribution < 1.29 is 4.42 Å². The maximum atomic E-state index is 5.97. The summed E-state index contributed by atoms with van der Waals surface area (Å²) >= 11 is 0. The van der Waals surface area contributed by atoms with E-state index in [1.165, 1.54) is 16.8 Å². The number of fused-ring (bicyclic) bond motifs is 1. The summed E-state index contributed by atoms with van der Waals surface area (Å²) in [6.45, 7) is 9.02. The average molecular weight is 495 g/mol. The lowest BCUT2D eigenvalue weighted by Crippen LogP contribution is -2.42. The average Bonchev–Trinajstić information content (AvgIpc) is 3.09. The van der Waals surface area contributed by atoms with Crippen LogP contribution in [0, 0.1) is 20.8 Å². The van der Waals surface area contributed by atoms with Crippen LogP contribution in [0.25, 0.3) is 11.0 Å². The van der Waals surface area contributed by atoms with Gasteiger partial charge in [0.05, 0.1) is 12.2 Å². The minimum Gasteiger partial charge on any atom is -0.459 e. The number of guanidine groups is 1. The SMILES string of the molecule is CN=C(NCc1oc2ccccc2c1C)NC(C)Cc1c(C)nn(C)c1C.I. The van der Waals surface area contributed by atoms with Gasteiger partial charge in [-0.2, -0.15) is 5.10 Å². The summed E-state index contributed by atoms with van der Waals surface area (Å²) in [5.74, 6) is 1.70. The Labute approximate surface area is 183 Å². The van der Waals surface area contributed by atoms with Crippen LogP contribution >= 0.6 is 24.0 Å². The first-order valence-electron chi connectivity index (χ1n) is 9.34. The van der Waals surface area contributed by atoms with Crippen molar-refractivity contribution in [3.63, 3.8) is 0 Å². The Morgan fingerprint density at radius 1 is 1.25 bits per heavy atom. The highest BCUT2D eigenvalue weighted by atomic mass is 127. The molecule has 0 radical (unpaired) electrons. The van der Waals surface area contributed by atoms with Crippen LogP contribution in [0.1, 0.15) is 35.2 Å². The highest BCUT2D eigenvalue weighted by Gasteiger charge is 2.15. The summed E-state index contributed by atoms with van der Waals surface area (Å²) in [6, 6.07) is 8.35. The second-order valence-corrected chi connectivity index (χ2v) is 7.09. The zero-order valence-electron chi connectivity index (χ0n) is 17.5. The first-order chi connectivity index (χ1) is 12.9. The van der Waals surface area contributed by atoms with E-state index in [4.69, 9.17) is 4.42 Å². The molecule has 1 aromatic carbocycles. The Morgan fingerprint density at radius 3 is 2.57 bits per heavy atom. The highest BCUT2D eigenvalue weighted by Crippen LogP contribution is 2.24. The molecule has 6 nitrogen and oxygen atoms in total. The minimum atomic E-state index is 0. The maximum Gasteiger partial charge on any atom is 0.191 e. The van der Waals surface area contributed by atoms with E-state index in [1.54, 1.807) is 7.05 Å². The van der Waals surface area contributed by atoms with Crippen LogP contribution in [0.3, 0.4) is 0 Å². The molecular weight excluding hydrogens is 465 g/mol. The van der Waals surface area contributed by atoms with Gasteiger partial charge in [0.1, 0.15) is 11.3 Å². The van der Waals surface area contributed by atoms with Crippen molar-refractivity contribution >= 4 is 40.9 Å². The summed E-state index contributed by atoms with van der Waals surface area (Å²) < 4.78 is 7.91. The molecule has 28 heavy (non-hydrogen) atoms. The Bertz CT molecular complexity index is 973. The Balaban J connectivity index is 0.00000280. The van der Waals surface area contributed by atoms with Gasteiger partial charge in [0.15, 0.2) is 5.96 Å². The van der Waals surface area contributed by atoms with Gasteiger partial charge in [0.2, 0.25) is 0 Å². The van der Waals surface area contributed by atoms with Crippen molar-refractivity contribution in [2.75, 3.05) is 7.05 Å². The number of hydrogen-bond donors (Lipinski definition) is 2. The van der Waals surface area contributed by atoms with Crippen LogP contribution in [0.2, 0.25) is 0 Å². The number of aryl methyl sites for hydroxylation is 3. The molecule has 3 aromatic rings. The number of hydrogen-bond acceptors (Lipinski definition) is 3. The molecule has 0 spiro atoms. The molecule has 0 aliphatic carbocycles. The van der Waals surface area contributed by atoms with E-state index in [1.807, 2.05) is 29.9 Å². The Morgan fingerprint density at radius 2 is 1.96 bits per heavy atom. The second kappa shape index (κ2) is 9.45. The van der Waals surface area contributed by atoms with Crippen molar-refractivity contribution in [2.24, 2.45) is 12.0 Å². The van der Waals surface area contributed by atoms with Gasteiger partial charge in [0, 0.05) is 36.8 Å². The minimum absolute atomic E-state index is 0. The molecule has 0 amide bonds. The second-order valence-electron chi connectivity index (χ2n) is 7.09. The molecule has 0 aliphatic heterocycles. The fourth-order valence-electron chi connectivity index (χ4n) is 3.46. The molecule has 0 saturated carbocycles. The Kier molecular flexibility index (Phi) is 7.51. The van der Waals surface area contributed by atoms with Gasteiger partial charge < -0.3 is 15.1 Å². The molecule has 7 heteroatoms. The zero-order chi connectivity index (χ0) is 19.6. The summed E-state index contributed by atoms with van der Waals surface area (Å²) in [6.07, 6.45) is 0.899. The van der Waals surface area contributed by atoms with Gasteiger partial charge in [-0.3, -0.25) is 9.67 Å². The van der Waals surface area contributed by atoms with Crippen molar-refractivity contribution in [3.05, 3.63) is 52.5 Å². The van der Waals surface area contributed by atoms with E-state index in [0.29, 0.717) is 6.54 Å². The van der Waals surface area contributed by atoms with E-state index in [2.05, 4.69) is 54.5 Å². The number of para-hydroxylation sites is 1. The fourth-order valence-corrected chi connectivity index (χ4v) is 3.46. The third-order valence-electron chi connectivity index (χ3n) is 5.13. The van der Waals surface area contributed by atoms with E-state index in [-0.39, 0.29) is 30.0 Å². The first-order valence-corrected chi connectivity index (χ1v) is 9.34. The number of aromatic nitrogens is 2. The van der Waals surface area contributed by atoms with Gasteiger partial charge in [-0.05, 0) is 45.7 Å². The molecule has 152 valence electrons. The standard InChI is InChI=1S/C21H29N5O.HI/c1-13(11-18-15(3)25-26(6)16(18)4)24-21(22-5)23-12-20-14(2)17-9-7-8-10-19(17)27-20;/h7-10,13H,11-12H2,1-6H3,(H2,22,23,24);1H. The van der Waals surface area contributed by atoms with Gasteiger partial charge in [-0.25, -0.2) is 0 Å². The lowest BCUT2D eigenvalue weighted by atomic mass is 10.1. The lowest BCUT2D eigenvalue weighted by molar-refractivity contribution is 0.531. The van der Waals surface area contributed by atoms with Gasteiger partial charge in [-0.15, -0.1) is 24.0 Å². The molecule has 0 saturated heterocycles. The number of aliphatic imine (C=N–C) groups is 1. The van der Waals surface area contributed by atoms with E-state index >= 15 is 0 Å². The van der Waals surface area contributed by atoms with Crippen LogP contribution in [0.15, 0.2) is 33.7 Å². The number of rotatable bonds is 5. The van der Waals surface area contributed by atoms with E-state index < -0.39 is 0 Å². The molecule has 3 rings (SSSR count). The van der Waals surface area contributed by atoms with Gasteiger partial charge in [0.25, 0.3) is 0 Å². The number of halogens is 1. The first kappa shape index (κ1) is 22.3. The number of furan rings is 1. The van der Waals surface area contributed by atoms with Crippen LogP contribution < -0.4 is 10.6 Å². The number of nitrogens with zero attached hydrogens (tertiary/aromatic N) is 3. The van der Waals surface area contributed by atoms with Crippen LogP contribution in [-0.4, -0.2) is 28.8 Å². The van der Waals surface area contributed by atoms with Crippen LogP contribution in [0.4, 0.5) is 0 Å². The number of benzene rings is 1. The normalized spacial score (nSPS) is 12.7. The molecule has 0 aliphatic rings. The Hall–Kier alpha value is -2.03. The topological polar surface area (TPSA) is 67.4 Å². The van der Waals surface area contributed by atoms with Gasteiger partial charge in [-0.1, -0.05) is 18.2 Å². The third-order valence-corrected chi connectivity index (χ3v) is 5.13. The van der Waals surface area contributed by atoms with Crippen molar-refractivity contribution in [1.82, 2.24) is 20.4 Å². The van der Waals surface area contributed by atoms with Gasteiger partial charge >= 0.3 is 0 Å². The van der Waals surface area contributed by atoms with Crippen molar-refractivity contribution in [1.29, 1.82) is 0 Å². The zero-order valence-corrected chi connectivity index (χ0v) is 19.8. The largest absolute Gasteiger partial charge is 0.459 e. The number of nitrogens with one attached hydrogen (secondary N) is 2. The summed E-state index contributed by atoms with van der Waals surface area (Å²) in [5.41, 5.74) is 5.68. The molecule has 2 N–H and O–H groups in total. The summed E-state index contributed by atoms with van der Waals surface area (Å²) in [4.78, 5) is 4.35. The predicted molar refractivity (Wildman–Crippen MR) is 126 cm³/mol. The molecule has 0 bridgehead atoms. The van der Waals surface area contributed by atoms with Crippen LogP contribution in [0.5, 0.6) is 0 Å². The fraction of sp³-hybridized carbons (Fsp3) is 0.429. The molecule has 1 unspecified atom stereocenters. The molecule has 2 aromatic heterocycles. The molecule has 2 heterocycles. The van der Waals surface area contributed by atoms with E-state index in [9.17, 15) is 0 Å². The van der Waals surface area contributed by atoms with E-state index in [0.717, 1.165) is 34.8 Å². The monoisotopic (exact) mass is 495 g/mol. The van der Waals surface area contributed by atoms with Crippen molar-refractivity contribution in [3.8, 4) is 0 Å². The summed E-state index contributed by atoms with van der Waals surface area (Å²) in [7, 11) is 3.77. The van der Waals surface area contributed by atoms with Crippen LogP contribution in [-0.2, 0) is 20.0 Å². The quantitative estimate of drug-likeness (QED) is 0.319. The van der Waals surface area contributed by atoms with Crippen molar-refractivity contribution in [2.45, 2.75) is 46.7 Å².